The Balaban J connectivity index is 1.62. The molecule has 2 aromatic carbocycles. The molecule has 3 heterocycles. The summed E-state index contributed by atoms with van der Waals surface area (Å²) in [5, 5.41) is -1.20. The summed E-state index contributed by atoms with van der Waals surface area (Å²) in [4.78, 5) is 12.0. The van der Waals surface area contributed by atoms with E-state index < -0.39 is 43.1 Å². The molecule has 1 aromatic heterocycles. The number of benzene rings is 2. The molecule has 0 unspecified atom stereocenters. The van der Waals surface area contributed by atoms with Crippen molar-refractivity contribution >= 4 is 21.4 Å². The number of sulfone groups is 1. The Morgan fingerprint density at radius 2 is 1.87 bits per heavy atom. The number of ether oxygens (including phenoxy) is 2. The van der Waals surface area contributed by atoms with Gasteiger partial charge >= 0.3 is 0 Å². The average molecular weight is 539 g/mol. The average Bonchev–Trinajstić information content (AvgIpc) is 2.89. The van der Waals surface area contributed by atoms with Gasteiger partial charge in [-0.25, -0.2) is 27.0 Å². The number of pyridine rings is 1. The third kappa shape index (κ3) is 4.10. The second-order valence-corrected chi connectivity index (χ2v) is 12.4. The fraction of sp³-hybridized carbons (Fsp3) is 0.296. The number of aromatic nitrogens is 1. The lowest BCUT2D eigenvalue weighted by atomic mass is 9.81. The minimum Gasteiger partial charge on any atom is -0.440 e. The van der Waals surface area contributed by atoms with Gasteiger partial charge in [0.1, 0.15) is 33.5 Å². The normalized spacial score (nSPS) is 25.5. The molecule has 0 saturated carbocycles. The van der Waals surface area contributed by atoms with Crippen LogP contribution in [0.2, 0.25) is 0 Å². The zero-order chi connectivity index (χ0) is 27.3. The molecule has 0 radical (unpaired) electrons. The van der Waals surface area contributed by atoms with Gasteiger partial charge in [0.2, 0.25) is 5.88 Å². The first-order valence-electron chi connectivity index (χ1n) is 11.8. The molecule has 0 amide bonds. The van der Waals surface area contributed by atoms with Crippen LogP contribution >= 0.6 is 0 Å². The first-order valence-corrected chi connectivity index (χ1v) is 13.3. The molecule has 3 aromatic rings. The van der Waals surface area contributed by atoms with Gasteiger partial charge in [-0.15, -0.1) is 0 Å². The van der Waals surface area contributed by atoms with Gasteiger partial charge in [0.15, 0.2) is 15.5 Å². The quantitative estimate of drug-likeness (QED) is 0.469. The van der Waals surface area contributed by atoms with E-state index in [-0.39, 0.29) is 36.1 Å². The lowest BCUT2D eigenvalue weighted by Crippen LogP contribution is -2.64. The van der Waals surface area contributed by atoms with Gasteiger partial charge in [-0.3, -0.25) is 4.99 Å². The zero-order valence-corrected chi connectivity index (χ0v) is 21.4. The molecule has 0 spiro atoms. The molecule has 0 aliphatic carbocycles. The van der Waals surface area contributed by atoms with Gasteiger partial charge < -0.3 is 15.2 Å². The number of nitrogens with two attached hydrogens (primary N) is 1. The molecule has 0 bridgehead atoms. The third-order valence-electron chi connectivity index (χ3n) is 7.20. The van der Waals surface area contributed by atoms with Gasteiger partial charge in [0, 0.05) is 17.8 Å². The van der Waals surface area contributed by atoms with Gasteiger partial charge in [-0.1, -0.05) is 12.1 Å². The number of hydrogen-bond acceptors (Lipinski definition) is 7. The second kappa shape index (κ2) is 9.15. The topological polar surface area (TPSA) is 108 Å². The Morgan fingerprint density at radius 1 is 1.13 bits per heavy atom. The number of rotatable bonds is 4. The fourth-order valence-corrected chi connectivity index (χ4v) is 7.12. The SMILES string of the molecule is [C-]#[N+]c1ccnc(Oc2ccc(F)c([C@]34CO[C@@H](c5ccc(F)cc5)C[C@H]3S(=O)(=O)C(C)(C)C(N)=N4)c2)c1. The molecular weight excluding hydrogens is 514 g/mol. The van der Waals surface area contributed by atoms with Gasteiger partial charge in [-0.2, -0.15) is 0 Å². The molecule has 3 atom stereocenters. The van der Waals surface area contributed by atoms with E-state index >= 15 is 4.39 Å². The number of nitrogens with zero attached hydrogens (tertiary/aromatic N) is 3. The van der Waals surface area contributed by atoms with Crippen LogP contribution in [0.15, 0.2) is 65.8 Å². The van der Waals surface area contributed by atoms with Crippen LogP contribution in [0.4, 0.5) is 14.5 Å². The van der Waals surface area contributed by atoms with Crippen molar-refractivity contribution in [2.75, 3.05) is 6.61 Å². The summed E-state index contributed by atoms with van der Waals surface area (Å²) in [6, 6.07) is 12.4. The zero-order valence-electron chi connectivity index (χ0n) is 20.6. The van der Waals surface area contributed by atoms with Crippen molar-refractivity contribution in [3.63, 3.8) is 0 Å². The van der Waals surface area contributed by atoms with Crippen LogP contribution in [0.25, 0.3) is 4.85 Å². The number of halogens is 2. The Kier molecular flexibility index (Phi) is 6.20. The van der Waals surface area contributed by atoms with Gasteiger partial charge in [-0.05, 0) is 62.2 Å². The summed E-state index contributed by atoms with van der Waals surface area (Å²) in [6.07, 6.45) is 0.678. The maximum absolute atomic E-state index is 15.5. The molecule has 1 saturated heterocycles. The molecule has 38 heavy (non-hydrogen) atoms. The van der Waals surface area contributed by atoms with Crippen LogP contribution in [0.5, 0.6) is 11.6 Å². The van der Waals surface area contributed by atoms with E-state index in [9.17, 15) is 12.8 Å². The summed E-state index contributed by atoms with van der Waals surface area (Å²) in [7, 11) is -4.03. The Labute approximate surface area is 218 Å². The van der Waals surface area contributed by atoms with E-state index in [1.54, 1.807) is 0 Å². The largest absolute Gasteiger partial charge is 0.440 e. The molecule has 1 fully saturated rings. The van der Waals surface area contributed by atoms with Crippen molar-refractivity contribution < 1.29 is 26.7 Å². The van der Waals surface area contributed by atoms with Crippen LogP contribution < -0.4 is 10.5 Å². The lowest BCUT2D eigenvalue weighted by molar-refractivity contribution is -0.0298. The highest BCUT2D eigenvalue weighted by atomic mass is 32.2. The third-order valence-corrected chi connectivity index (χ3v) is 10.2. The Bertz CT molecular complexity index is 1590. The van der Waals surface area contributed by atoms with Gasteiger partial charge in [0.05, 0.1) is 24.5 Å². The number of hydrogen-bond donors (Lipinski definition) is 1. The summed E-state index contributed by atoms with van der Waals surface area (Å²) in [5.41, 5.74) is 5.36. The highest BCUT2D eigenvalue weighted by Gasteiger charge is 2.61. The summed E-state index contributed by atoms with van der Waals surface area (Å²) in [6.45, 7) is 9.82. The molecular formula is C27H24F2N4O4S. The maximum atomic E-state index is 15.5. The van der Waals surface area contributed by atoms with Crippen LogP contribution in [0.3, 0.4) is 0 Å². The molecule has 2 N–H and O–H groups in total. The monoisotopic (exact) mass is 538 g/mol. The van der Waals surface area contributed by atoms with Crippen molar-refractivity contribution in [3.05, 3.63) is 95.0 Å². The minimum atomic E-state index is -4.03. The standard InChI is InChI=1S/C27H24F2N4O4S/c1-26(2)25(30)33-27(15-36-22(14-23(27)38(26,34)35)16-4-6-17(28)7-5-16)20-13-19(8-9-21(20)29)37-24-12-18(31-3)10-11-32-24/h4-13,22-23H,14-15H2,1-2H3,(H2,30,33)/t22-,23-,27-/m1/s1. The van der Waals surface area contributed by atoms with E-state index in [0.29, 0.717) is 11.3 Å². The molecule has 11 heteroatoms. The lowest BCUT2D eigenvalue weighted by Gasteiger charge is -2.49. The van der Waals surface area contributed by atoms with E-state index in [1.807, 2.05) is 0 Å². The maximum Gasteiger partial charge on any atom is 0.208 e. The van der Waals surface area contributed by atoms with E-state index in [2.05, 4.69) is 14.8 Å². The minimum absolute atomic E-state index is 0.0483. The predicted octanol–water partition coefficient (Wildman–Crippen LogP) is 4.99. The first kappa shape index (κ1) is 25.8. The number of amidine groups is 1. The van der Waals surface area contributed by atoms with Crippen molar-refractivity contribution in [3.8, 4) is 11.6 Å². The summed E-state index contributed by atoms with van der Waals surface area (Å²) >= 11 is 0. The van der Waals surface area contributed by atoms with E-state index in [1.165, 1.54) is 68.6 Å². The predicted molar refractivity (Wildman–Crippen MR) is 137 cm³/mol. The Hall–Kier alpha value is -3.88. The van der Waals surface area contributed by atoms with Crippen molar-refractivity contribution in [1.82, 2.24) is 4.98 Å². The summed E-state index contributed by atoms with van der Waals surface area (Å²) in [5.74, 6) is -1.02. The highest BCUT2D eigenvalue weighted by Crippen LogP contribution is 2.51. The van der Waals surface area contributed by atoms with Crippen LogP contribution in [-0.4, -0.2) is 35.8 Å². The van der Waals surface area contributed by atoms with Gasteiger partial charge in [0.25, 0.3) is 0 Å². The number of fused-ring (bicyclic) bond motifs is 1. The Morgan fingerprint density at radius 3 is 2.58 bits per heavy atom. The van der Waals surface area contributed by atoms with E-state index in [0.717, 1.165) is 6.07 Å². The van der Waals surface area contributed by atoms with Crippen LogP contribution in [-0.2, 0) is 20.1 Å². The van der Waals surface area contributed by atoms with Crippen LogP contribution in [0.1, 0.15) is 37.5 Å². The summed E-state index contributed by atoms with van der Waals surface area (Å²) < 4.78 is 67.3. The van der Waals surface area contributed by atoms with Crippen molar-refractivity contribution in [1.29, 1.82) is 0 Å². The van der Waals surface area contributed by atoms with Crippen LogP contribution in [0, 0.1) is 18.2 Å². The number of aliphatic imine (C=N–C) groups is 1. The van der Waals surface area contributed by atoms with Crippen molar-refractivity contribution in [2.24, 2.45) is 10.7 Å². The first-order chi connectivity index (χ1) is 18.0. The molecule has 2 aliphatic rings. The van der Waals surface area contributed by atoms with Crippen molar-refractivity contribution in [2.45, 2.75) is 41.9 Å². The second-order valence-electron chi connectivity index (χ2n) is 9.76. The highest BCUT2D eigenvalue weighted by molar-refractivity contribution is 7.94. The fourth-order valence-electron chi connectivity index (χ4n) is 4.88. The smallest absolute Gasteiger partial charge is 0.208 e. The molecule has 2 aliphatic heterocycles. The molecule has 196 valence electrons. The molecule has 5 rings (SSSR count). The van der Waals surface area contributed by atoms with E-state index in [4.69, 9.17) is 21.8 Å². The molecule has 8 nitrogen and oxygen atoms in total.